The topological polar surface area (TPSA) is 59.6 Å². The molecule has 18 heavy (non-hydrogen) atoms. The van der Waals surface area contributed by atoms with Crippen LogP contribution in [0.25, 0.3) is 0 Å². The van der Waals surface area contributed by atoms with E-state index in [9.17, 15) is 4.57 Å². The van der Waals surface area contributed by atoms with Crippen molar-refractivity contribution in [1.29, 1.82) is 0 Å². The normalized spacial score (nSPS) is 29.4. The third-order valence-electron chi connectivity index (χ3n) is 3.69. The van der Waals surface area contributed by atoms with E-state index in [1.54, 1.807) is 0 Å². The molecule has 2 atom stereocenters. The zero-order chi connectivity index (χ0) is 13.0. The first-order valence-electron chi connectivity index (χ1n) is 7.06. The molecule has 0 unspecified atom stereocenters. The standard InChI is InChI=1S/C12H25N2O3P/c1-3-16-18(15,17-4-2)14-12-9-13-8-7-11(12)10-5-6-10/h10-13H,3-9H2,1-2H3,(H,14,15)/t11-,12+/m1/s1. The highest BCUT2D eigenvalue weighted by Crippen LogP contribution is 2.48. The van der Waals surface area contributed by atoms with Gasteiger partial charge < -0.3 is 5.32 Å². The Kier molecular flexibility index (Phi) is 5.22. The number of hydrogen-bond donors (Lipinski definition) is 2. The van der Waals surface area contributed by atoms with E-state index in [2.05, 4.69) is 10.4 Å². The summed E-state index contributed by atoms with van der Waals surface area (Å²) in [6.07, 6.45) is 3.79. The molecule has 0 amide bonds. The average Bonchev–Trinajstić information content (AvgIpc) is 3.14. The predicted molar refractivity (Wildman–Crippen MR) is 71.5 cm³/mol. The molecule has 2 N–H and O–H groups in total. The highest BCUT2D eigenvalue weighted by atomic mass is 31.2. The van der Waals surface area contributed by atoms with Gasteiger partial charge in [0, 0.05) is 12.6 Å². The molecule has 0 radical (unpaired) electrons. The number of hydrogen-bond acceptors (Lipinski definition) is 4. The summed E-state index contributed by atoms with van der Waals surface area (Å²) < 4.78 is 23.1. The summed E-state index contributed by atoms with van der Waals surface area (Å²) in [4.78, 5) is 0. The van der Waals surface area contributed by atoms with Gasteiger partial charge in [-0.15, -0.1) is 0 Å². The van der Waals surface area contributed by atoms with Crippen molar-refractivity contribution in [2.24, 2.45) is 11.8 Å². The summed E-state index contributed by atoms with van der Waals surface area (Å²) in [7, 11) is -3.13. The van der Waals surface area contributed by atoms with Gasteiger partial charge in [0.1, 0.15) is 0 Å². The van der Waals surface area contributed by atoms with Gasteiger partial charge in [-0.2, -0.15) is 0 Å². The quantitative estimate of drug-likeness (QED) is 0.698. The lowest BCUT2D eigenvalue weighted by Crippen LogP contribution is -2.49. The molecule has 2 aliphatic rings. The summed E-state index contributed by atoms with van der Waals surface area (Å²) in [6.45, 7) is 6.39. The Hall–Kier alpha value is 0.0700. The van der Waals surface area contributed by atoms with Gasteiger partial charge >= 0.3 is 7.75 Å². The van der Waals surface area contributed by atoms with E-state index in [4.69, 9.17) is 9.05 Å². The molecule has 0 spiro atoms. The van der Waals surface area contributed by atoms with Crippen molar-refractivity contribution in [1.82, 2.24) is 10.4 Å². The highest BCUT2D eigenvalue weighted by Gasteiger charge is 2.41. The first-order valence-corrected chi connectivity index (χ1v) is 8.60. The van der Waals surface area contributed by atoms with E-state index in [-0.39, 0.29) is 6.04 Å². The molecule has 1 saturated heterocycles. The smallest absolute Gasteiger partial charge is 0.315 e. The second-order valence-electron chi connectivity index (χ2n) is 5.06. The molecule has 106 valence electrons. The molecular weight excluding hydrogens is 251 g/mol. The Morgan fingerprint density at radius 3 is 2.44 bits per heavy atom. The summed E-state index contributed by atoms with van der Waals surface area (Å²) >= 11 is 0. The van der Waals surface area contributed by atoms with Gasteiger partial charge in [0.05, 0.1) is 13.2 Å². The van der Waals surface area contributed by atoms with Crippen molar-refractivity contribution in [3.8, 4) is 0 Å². The molecule has 0 bridgehead atoms. The van der Waals surface area contributed by atoms with Crippen LogP contribution in [0.2, 0.25) is 0 Å². The Balaban J connectivity index is 1.97. The van der Waals surface area contributed by atoms with Crippen molar-refractivity contribution in [3.05, 3.63) is 0 Å². The SMILES string of the molecule is CCOP(=O)(N[C@H]1CNCC[C@@H]1C1CC1)OCC. The average molecular weight is 276 g/mol. The Labute approximate surface area is 110 Å². The van der Waals surface area contributed by atoms with E-state index in [1.807, 2.05) is 13.8 Å². The van der Waals surface area contributed by atoms with Crippen molar-refractivity contribution >= 4 is 7.75 Å². The van der Waals surface area contributed by atoms with Crippen molar-refractivity contribution in [2.45, 2.75) is 39.2 Å². The molecule has 6 heteroatoms. The van der Waals surface area contributed by atoms with Crippen LogP contribution >= 0.6 is 7.75 Å². The summed E-state index contributed by atoms with van der Waals surface area (Å²) in [6, 6.07) is 0.204. The van der Waals surface area contributed by atoms with Gasteiger partial charge in [0.2, 0.25) is 0 Å². The maximum absolute atomic E-state index is 12.5. The second kappa shape index (κ2) is 6.49. The highest BCUT2D eigenvalue weighted by molar-refractivity contribution is 7.51. The molecule has 0 aromatic rings. The molecule has 0 aromatic heterocycles. The minimum absolute atomic E-state index is 0.204. The van der Waals surface area contributed by atoms with Crippen LogP contribution in [0.4, 0.5) is 0 Å². The molecule has 5 nitrogen and oxygen atoms in total. The molecule has 1 aliphatic heterocycles. The van der Waals surface area contributed by atoms with Crippen LogP contribution in [0.15, 0.2) is 0 Å². The van der Waals surface area contributed by atoms with Gasteiger partial charge in [0.25, 0.3) is 0 Å². The fourth-order valence-electron chi connectivity index (χ4n) is 2.76. The van der Waals surface area contributed by atoms with Gasteiger partial charge in [-0.3, -0.25) is 9.05 Å². The van der Waals surface area contributed by atoms with Crippen LogP contribution in [0.1, 0.15) is 33.1 Å². The Morgan fingerprint density at radius 1 is 1.22 bits per heavy atom. The lowest BCUT2D eigenvalue weighted by atomic mass is 9.89. The van der Waals surface area contributed by atoms with E-state index < -0.39 is 7.75 Å². The molecule has 2 fully saturated rings. The zero-order valence-electron chi connectivity index (χ0n) is 11.4. The van der Waals surface area contributed by atoms with Crippen LogP contribution in [0, 0.1) is 11.8 Å². The van der Waals surface area contributed by atoms with Gasteiger partial charge in [-0.25, -0.2) is 9.65 Å². The van der Waals surface area contributed by atoms with Crippen LogP contribution in [0.3, 0.4) is 0 Å². The van der Waals surface area contributed by atoms with Crippen LogP contribution < -0.4 is 10.4 Å². The van der Waals surface area contributed by atoms with Gasteiger partial charge in [-0.05, 0) is 51.5 Å². The van der Waals surface area contributed by atoms with E-state index in [1.165, 1.54) is 12.8 Å². The summed E-state index contributed by atoms with van der Waals surface area (Å²) in [5, 5.41) is 6.51. The fraction of sp³-hybridized carbons (Fsp3) is 1.00. The first-order chi connectivity index (χ1) is 8.68. The Bertz CT molecular complexity index is 300. The maximum atomic E-state index is 12.5. The van der Waals surface area contributed by atoms with Crippen molar-refractivity contribution < 1.29 is 13.6 Å². The van der Waals surface area contributed by atoms with Crippen LogP contribution in [0.5, 0.6) is 0 Å². The maximum Gasteiger partial charge on any atom is 0.405 e. The molecule has 2 rings (SSSR count). The van der Waals surface area contributed by atoms with Crippen LogP contribution in [-0.2, 0) is 13.6 Å². The molecule has 1 aliphatic carbocycles. The Morgan fingerprint density at radius 2 is 1.89 bits per heavy atom. The van der Waals surface area contributed by atoms with Gasteiger partial charge in [0.15, 0.2) is 0 Å². The molecular formula is C12H25N2O3P. The molecule has 0 aromatic carbocycles. The zero-order valence-corrected chi connectivity index (χ0v) is 12.2. The summed E-state index contributed by atoms with van der Waals surface area (Å²) in [5.74, 6) is 1.42. The molecule has 1 saturated carbocycles. The first kappa shape index (κ1) is 14.5. The second-order valence-corrected chi connectivity index (χ2v) is 6.83. The number of rotatable bonds is 7. The fourth-order valence-corrected chi connectivity index (χ4v) is 4.36. The molecule has 1 heterocycles. The van der Waals surface area contributed by atoms with E-state index in [0.717, 1.165) is 25.4 Å². The monoisotopic (exact) mass is 276 g/mol. The minimum Gasteiger partial charge on any atom is -0.315 e. The van der Waals surface area contributed by atoms with Crippen molar-refractivity contribution in [3.63, 3.8) is 0 Å². The third-order valence-corrected chi connectivity index (χ3v) is 5.53. The van der Waals surface area contributed by atoms with E-state index in [0.29, 0.717) is 19.1 Å². The lowest BCUT2D eigenvalue weighted by molar-refractivity contribution is 0.189. The van der Waals surface area contributed by atoms with Crippen LogP contribution in [-0.4, -0.2) is 32.3 Å². The minimum atomic E-state index is -3.13. The lowest BCUT2D eigenvalue weighted by Gasteiger charge is -2.34. The summed E-state index contributed by atoms with van der Waals surface area (Å²) in [5.41, 5.74) is 0. The predicted octanol–water partition coefficient (Wildman–Crippen LogP) is 2.15. The third kappa shape index (κ3) is 3.78. The largest absolute Gasteiger partial charge is 0.405 e. The van der Waals surface area contributed by atoms with Gasteiger partial charge in [-0.1, -0.05) is 0 Å². The van der Waals surface area contributed by atoms with Crippen molar-refractivity contribution in [2.75, 3.05) is 26.3 Å². The number of piperidine rings is 1. The number of nitrogens with one attached hydrogen (secondary N) is 2. The van der Waals surface area contributed by atoms with E-state index >= 15 is 0 Å².